The van der Waals surface area contributed by atoms with Crippen LogP contribution in [-0.2, 0) is 0 Å². The summed E-state index contributed by atoms with van der Waals surface area (Å²) in [5.41, 5.74) is -0.0903. The Bertz CT molecular complexity index is 676. The molecule has 0 bridgehead atoms. The Kier molecular flexibility index (Phi) is 3.89. The lowest BCUT2D eigenvalue weighted by molar-refractivity contribution is 0.0950. The SMILES string of the molecule is N#CC(C(=O)c1ccc(Cl)o1)c1cccc(Cl)c1F. The molecule has 0 aliphatic heterocycles. The average molecular weight is 298 g/mol. The number of carbonyl (C=O) groups excluding carboxylic acids is 1. The topological polar surface area (TPSA) is 54.0 Å². The number of ketones is 1. The third kappa shape index (κ3) is 2.62. The Morgan fingerprint density at radius 2 is 2.05 bits per heavy atom. The fraction of sp³-hybridized carbons (Fsp3) is 0.0769. The molecule has 1 aromatic heterocycles. The van der Waals surface area contributed by atoms with E-state index in [0.29, 0.717) is 0 Å². The lowest BCUT2D eigenvalue weighted by atomic mass is 9.94. The van der Waals surface area contributed by atoms with Crippen molar-refractivity contribution in [2.75, 3.05) is 0 Å². The predicted molar refractivity (Wildman–Crippen MR) is 67.8 cm³/mol. The van der Waals surface area contributed by atoms with E-state index in [1.54, 1.807) is 6.07 Å². The Hall–Kier alpha value is -1.83. The van der Waals surface area contributed by atoms with Crippen molar-refractivity contribution in [2.45, 2.75) is 5.92 Å². The van der Waals surface area contributed by atoms with E-state index in [2.05, 4.69) is 0 Å². The lowest BCUT2D eigenvalue weighted by Crippen LogP contribution is -2.12. The van der Waals surface area contributed by atoms with E-state index in [1.165, 1.54) is 30.3 Å². The highest BCUT2D eigenvalue weighted by Gasteiger charge is 2.27. The minimum absolute atomic E-state index is 0.0200. The molecule has 0 radical (unpaired) electrons. The van der Waals surface area contributed by atoms with Crippen molar-refractivity contribution in [3.63, 3.8) is 0 Å². The minimum atomic E-state index is -1.33. The minimum Gasteiger partial charge on any atom is -0.442 e. The molecule has 0 saturated heterocycles. The van der Waals surface area contributed by atoms with Gasteiger partial charge >= 0.3 is 0 Å². The van der Waals surface area contributed by atoms with Crippen molar-refractivity contribution in [1.82, 2.24) is 0 Å². The first kappa shape index (κ1) is 13.6. The fourth-order valence-electron chi connectivity index (χ4n) is 1.60. The molecule has 0 N–H and O–H groups in total. The second-order valence-electron chi connectivity index (χ2n) is 3.67. The molecule has 3 nitrogen and oxygen atoms in total. The van der Waals surface area contributed by atoms with Crippen LogP contribution >= 0.6 is 23.2 Å². The maximum Gasteiger partial charge on any atom is 0.219 e. The highest BCUT2D eigenvalue weighted by Crippen LogP contribution is 2.28. The molecule has 6 heteroatoms. The first-order chi connectivity index (χ1) is 9.04. The van der Waals surface area contributed by atoms with Crippen LogP contribution < -0.4 is 0 Å². The Balaban J connectivity index is 2.43. The molecule has 0 spiro atoms. The molecule has 1 unspecified atom stereocenters. The van der Waals surface area contributed by atoms with E-state index in [-0.39, 0.29) is 21.6 Å². The summed E-state index contributed by atoms with van der Waals surface area (Å²) < 4.78 is 18.8. The molecule has 0 aliphatic rings. The fourth-order valence-corrected chi connectivity index (χ4v) is 1.93. The number of furan rings is 1. The zero-order valence-electron chi connectivity index (χ0n) is 9.36. The highest BCUT2D eigenvalue weighted by molar-refractivity contribution is 6.31. The van der Waals surface area contributed by atoms with Gasteiger partial charge in [-0.1, -0.05) is 23.7 Å². The number of benzene rings is 1. The maximum atomic E-state index is 13.8. The Morgan fingerprint density at radius 3 is 2.63 bits per heavy atom. The molecule has 96 valence electrons. The summed E-state index contributed by atoms with van der Waals surface area (Å²) in [5, 5.41) is 8.95. The van der Waals surface area contributed by atoms with Crippen LogP contribution in [0.1, 0.15) is 22.0 Å². The molecule has 0 fully saturated rings. The van der Waals surface area contributed by atoms with Gasteiger partial charge in [0.15, 0.2) is 11.0 Å². The standard InChI is InChI=1S/C13H6Cl2FNO2/c14-9-3-1-2-7(12(9)16)8(6-17)13(18)10-4-5-11(15)19-10/h1-5,8H. The van der Waals surface area contributed by atoms with Crippen LogP contribution in [-0.4, -0.2) is 5.78 Å². The Morgan fingerprint density at radius 1 is 1.32 bits per heavy atom. The summed E-state index contributed by atoms with van der Waals surface area (Å²) in [6.07, 6.45) is 0. The molecule has 0 saturated carbocycles. The predicted octanol–water partition coefficient (Wildman–Crippen LogP) is 4.22. The van der Waals surface area contributed by atoms with Crippen LogP contribution in [0.2, 0.25) is 10.2 Å². The number of Topliss-reactive ketones (excluding diaryl/α,β-unsaturated/α-hetero) is 1. The van der Waals surface area contributed by atoms with Gasteiger partial charge in [0.2, 0.25) is 5.78 Å². The van der Waals surface area contributed by atoms with Gasteiger partial charge in [-0.05, 0) is 29.8 Å². The van der Waals surface area contributed by atoms with E-state index in [9.17, 15) is 9.18 Å². The summed E-state index contributed by atoms with van der Waals surface area (Å²) in [6.45, 7) is 0. The Labute approximate surface area is 118 Å². The molecule has 0 aliphatic carbocycles. The van der Waals surface area contributed by atoms with Crippen molar-refractivity contribution in [2.24, 2.45) is 0 Å². The number of hydrogen-bond donors (Lipinski definition) is 0. The van der Waals surface area contributed by atoms with Crippen molar-refractivity contribution in [3.05, 3.63) is 57.7 Å². The van der Waals surface area contributed by atoms with Gasteiger partial charge in [0.25, 0.3) is 0 Å². The third-order valence-corrected chi connectivity index (χ3v) is 2.99. The van der Waals surface area contributed by atoms with Crippen molar-refractivity contribution in [3.8, 4) is 6.07 Å². The third-order valence-electron chi connectivity index (χ3n) is 2.50. The van der Waals surface area contributed by atoms with Crippen molar-refractivity contribution >= 4 is 29.0 Å². The van der Waals surface area contributed by atoms with E-state index < -0.39 is 17.5 Å². The normalized spacial score (nSPS) is 11.9. The van der Waals surface area contributed by atoms with Gasteiger partial charge in [0.1, 0.15) is 11.7 Å². The maximum absolute atomic E-state index is 13.8. The summed E-state index contributed by atoms with van der Waals surface area (Å²) >= 11 is 11.2. The molecular weight excluding hydrogens is 292 g/mol. The average Bonchev–Trinajstić information content (AvgIpc) is 2.82. The monoisotopic (exact) mass is 297 g/mol. The molecular formula is C13H6Cl2FNO2. The van der Waals surface area contributed by atoms with Crippen molar-refractivity contribution in [1.29, 1.82) is 5.26 Å². The lowest BCUT2D eigenvalue weighted by Gasteiger charge is -2.08. The van der Waals surface area contributed by atoms with Crippen LogP contribution in [0.5, 0.6) is 0 Å². The molecule has 19 heavy (non-hydrogen) atoms. The number of rotatable bonds is 3. The largest absolute Gasteiger partial charge is 0.442 e. The summed E-state index contributed by atoms with van der Waals surface area (Å²) in [7, 11) is 0. The molecule has 2 rings (SSSR count). The molecule has 0 amide bonds. The summed E-state index contributed by atoms with van der Waals surface area (Å²) in [4.78, 5) is 12.1. The van der Waals surface area contributed by atoms with Gasteiger partial charge in [-0.3, -0.25) is 4.79 Å². The quantitative estimate of drug-likeness (QED) is 0.797. The van der Waals surface area contributed by atoms with Crippen LogP contribution in [0.4, 0.5) is 4.39 Å². The smallest absolute Gasteiger partial charge is 0.219 e. The van der Waals surface area contributed by atoms with E-state index >= 15 is 0 Å². The van der Waals surface area contributed by atoms with E-state index in [0.717, 1.165) is 0 Å². The van der Waals surface area contributed by atoms with Crippen molar-refractivity contribution < 1.29 is 13.6 Å². The van der Waals surface area contributed by atoms with Gasteiger partial charge in [-0.2, -0.15) is 5.26 Å². The summed E-state index contributed by atoms with van der Waals surface area (Å²) in [6, 6.07) is 8.58. The molecule has 2 aromatic rings. The van der Waals surface area contributed by atoms with E-state index in [1.807, 2.05) is 0 Å². The highest BCUT2D eigenvalue weighted by atomic mass is 35.5. The van der Waals surface area contributed by atoms with Crippen LogP contribution in [0.25, 0.3) is 0 Å². The van der Waals surface area contributed by atoms with Crippen LogP contribution in [0.15, 0.2) is 34.7 Å². The number of nitrogens with zero attached hydrogens (tertiary/aromatic N) is 1. The second-order valence-corrected chi connectivity index (χ2v) is 4.45. The van der Waals surface area contributed by atoms with Gasteiger partial charge in [-0.15, -0.1) is 0 Å². The number of halogens is 3. The zero-order valence-corrected chi connectivity index (χ0v) is 10.9. The van der Waals surface area contributed by atoms with Gasteiger partial charge in [-0.25, -0.2) is 4.39 Å². The van der Waals surface area contributed by atoms with Gasteiger partial charge in [0, 0.05) is 5.56 Å². The number of carbonyl (C=O) groups is 1. The van der Waals surface area contributed by atoms with Crippen LogP contribution in [0.3, 0.4) is 0 Å². The van der Waals surface area contributed by atoms with Gasteiger partial charge in [0.05, 0.1) is 11.1 Å². The van der Waals surface area contributed by atoms with E-state index in [4.69, 9.17) is 32.9 Å². The molecule has 1 heterocycles. The van der Waals surface area contributed by atoms with Crippen LogP contribution in [0, 0.1) is 17.1 Å². The van der Waals surface area contributed by atoms with Gasteiger partial charge < -0.3 is 4.42 Å². The second kappa shape index (κ2) is 5.43. The molecule has 1 atom stereocenters. The summed E-state index contributed by atoms with van der Waals surface area (Å²) in [5.74, 6) is -2.89. The zero-order chi connectivity index (χ0) is 14.0. The molecule has 1 aromatic carbocycles. The first-order valence-corrected chi connectivity index (χ1v) is 5.93. The number of nitriles is 1. The first-order valence-electron chi connectivity index (χ1n) is 5.17. The number of hydrogen-bond acceptors (Lipinski definition) is 3.